The minimum atomic E-state index is -3.96. The molecule has 18 nitrogen and oxygen atoms in total. The molecule has 0 atom stereocenters. The van der Waals surface area contributed by atoms with Crippen molar-refractivity contribution in [2.75, 3.05) is 63.1 Å². The van der Waals surface area contributed by atoms with E-state index in [-0.39, 0.29) is 60.5 Å². The van der Waals surface area contributed by atoms with Crippen LogP contribution in [-0.4, -0.2) is 120 Å². The maximum absolute atomic E-state index is 13.1. The van der Waals surface area contributed by atoms with Crippen molar-refractivity contribution in [1.82, 2.24) is 15.1 Å². The molecule has 0 aromatic heterocycles. The number of rotatable bonds is 22. The Kier molecular flexibility index (Phi) is 16.0. The lowest BCUT2D eigenvalue weighted by molar-refractivity contribution is -0.139. The summed E-state index contributed by atoms with van der Waals surface area (Å²) in [4.78, 5) is 64.1. The second-order valence-corrected chi connectivity index (χ2v) is 16.4. The molecule has 2 aromatic rings. The van der Waals surface area contributed by atoms with Gasteiger partial charge >= 0.3 is 5.97 Å². The van der Waals surface area contributed by atoms with E-state index in [1.165, 1.54) is 58.3 Å². The van der Waals surface area contributed by atoms with Gasteiger partial charge in [-0.05, 0) is 68.8 Å². The quantitative estimate of drug-likeness (QED) is 0.0846. The summed E-state index contributed by atoms with van der Waals surface area (Å²) in [6.45, 7) is 5.70. The van der Waals surface area contributed by atoms with Gasteiger partial charge in [0, 0.05) is 43.0 Å². The van der Waals surface area contributed by atoms with Crippen LogP contribution in [0.15, 0.2) is 58.3 Å². The van der Waals surface area contributed by atoms with Crippen LogP contribution in [0.25, 0.3) is 0 Å². The number of carbonyl (C=O) groups excluding carboxylic acids is 4. The van der Waals surface area contributed by atoms with Crippen LogP contribution in [-0.2, 0) is 48.8 Å². The third kappa shape index (κ3) is 16.8. The molecule has 2 aromatic carbocycles. The Morgan fingerprint density at radius 2 is 1.13 bits per heavy atom. The molecular formula is C32H47N7O11S2. The first-order chi connectivity index (χ1) is 24.0. The molecule has 0 fully saturated rings. The van der Waals surface area contributed by atoms with E-state index in [4.69, 9.17) is 15.0 Å². The molecule has 0 bridgehead atoms. The molecule has 0 heterocycles. The fourth-order valence-corrected chi connectivity index (χ4v) is 5.47. The van der Waals surface area contributed by atoms with Gasteiger partial charge in [-0.1, -0.05) is 13.8 Å². The molecule has 0 unspecified atom stereocenters. The van der Waals surface area contributed by atoms with Crippen molar-refractivity contribution in [3.05, 3.63) is 48.5 Å². The zero-order valence-electron chi connectivity index (χ0n) is 29.5. The molecule has 0 aliphatic rings. The average molecular weight is 770 g/mol. The number of sulfonamides is 2. The smallest absolute Gasteiger partial charge is 0.317 e. The Balaban J connectivity index is 2.13. The van der Waals surface area contributed by atoms with Gasteiger partial charge in [0.25, 0.3) is 0 Å². The Morgan fingerprint density at radius 1 is 0.731 bits per heavy atom. The van der Waals surface area contributed by atoms with Crippen LogP contribution in [0.2, 0.25) is 0 Å². The average Bonchev–Trinajstić information content (AvgIpc) is 3.01. The van der Waals surface area contributed by atoms with Gasteiger partial charge in [-0.2, -0.15) is 0 Å². The van der Waals surface area contributed by atoms with Gasteiger partial charge in [0.2, 0.25) is 37.8 Å². The molecule has 2 rings (SSSR count). The van der Waals surface area contributed by atoms with Crippen LogP contribution in [0, 0.1) is 5.41 Å². The van der Waals surface area contributed by atoms with Gasteiger partial charge < -0.3 is 30.6 Å². The second-order valence-electron chi connectivity index (χ2n) is 13.3. The summed E-state index contributed by atoms with van der Waals surface area (Å²) in [6, 6.07) is 10.1. The number of nitrogens with two attached hydrogens (primary N) is 2. The van der Waals surface area contributed by atoms with Crippen LogP contribution < -0.4 is 26.2 Å². The number of aliphatic carboxylic acids is 1. The predicted molar refractivity (Wildman–Crippen MR) is 191 cm³/mol. The minimum absolute atomic E-state index is 0.0461. The number of hydrogen-bond donors (Lipinski definition) is 6. The third-order valence-electron chi connectivity index (χ3n) is 7.40. The van der Waals surface area contributed by atoms with Crippen LogP contribution >= 0.6 is 0 Å². The molecule has 0 radical (unpaired) electrons. The highest BCUT2D eigenvalue weighted by atomic mass is 32.2. The Hall–Kier alpha value is -4.31. The normalized spacial score (nSPS) is 12.4. The van der Waals surface area contributed by atoms with E-state index in [2.05, 4.69) is 16.0 Å². The summed E-state index contributed by atoms with van der Waals surface area (Å²) in [5, 5.41) is 27.6. The number of amides is 3. The number of carbonyl (C=O) groups is 5. The van der Waals surface area contributed by atoms with Gasteiger partial charge in [-0.15, -0.1) is 0 Å². The molecule has 0 aliphatic carbocycles. The topological polar surface area (TPSA) is 278 Å². The van der Waals surface area contributed by atoms with Gasteiger partial charge in [0.05, 0.1) is 41.6 Å². The lowest BCUT2D eigenvalue weighted by atomic mass is 9.92. The highest BCUT2D eigenvalue weighted by Crippen LogP contribution is 2.19. The van der Waals surface area contributed by atoms with Crippen molar-refractivity contribution in [3.8, 4) is 0 Å². The number of ether oxygens (including phenoxy) is 1. The Bertz CT molecular complexity index is 1780. The Labute approximate surface area is 303 Å². The summed E-state index contributed by atoms with van der Waals surface area (Å²) in [5.74, 6) is -2.92. The molecule has 0 saturated carbocycles. The molecule has 52 heavy (non-hydrogen) atoms. The summed E-state index contributed by atoms with van der Waals surface area (Å²) in [6.07, 6.45) is 1.31. The van der Waals surface area contributed by atoms with Gasteiger partial charge in [0.15, 0.2) is 0 Å². The zero-order chi connectivity index (χ0) is 39.3. The number of primary sulfonamides is 2. The number of hydrogen-bond acceptors (Lipinski definition) is 12. The lowest BCUT2D eigenvalue weighted by Crippen LogP contribution is -2.48. The molecule has 0 aliphatic heterocycles. The second kappa shape index (κ2) is 19.0. The molecule has 0 saturated heterocycles. The summed E-state index contributed by atoms with van der Waals surface area (Å²) in [7, 11) is -7.91. The van der Waals surface area contributed by atoms with Gasteiger partial charge in [-0.25, -0.2) is 27.1 Å². The molecule has 0 spiro atoms. The Morgan fingerprint density at radius 3 is 1.52 bits per heavy atom. The maximum atomic E-state index is 13.1. The van der Waals surface area contributed by atoms with E-state index in [0.717, 1.165) is 6.29 Å². The van der Waals surface area contributed by atoms with Crippen LogP contribution in [0.4, 0.5) is 11.4 Å². The number of nitrogens with one attached hydrogen (secondary N) is 3. The molecule has 288 valence electrons. The summed E-state index contributed by atoms with van der Waals surface area (Å²) < 4.78 is 52.0. The number of nitrogens with zero attached hydrogens (tertiary/aromatic N) is 2. The zero-order valence-corrected chi connectivity index (χ0v) is 31.1. The maximum Gasteiger partial charge on any atom is 0.317 e. The fourth-order valence-electron chi connectivity index (χ4n) is 4.44. The first kappa shape index (κ1) is 43.9. The first-order valence-electron chi connectivity index (χ1n) is 15.9. The molecule has 3 amide bonds. The highest BCUT2D eigenvalue weighted by molar-refractivity contribution is 7.89. The van der Waals surface area contributed by atoms with E-state index in [0.29, 0.717) is 6.42 Å². The van der Waals surface area contributed by atoms with E-state index >= 15 is 0 Å². The third-order valence-corrected chi connectivity index (χ3v) is 9.25. The van der Waals surface area contributed by atoms with Gasteiger partial charge in [-0.3, -0.25) is 29.0 Å². The monoisotopic (exact) mass is 769 g/mol. The van der Waals surface area contributed by atoms with Crippen molar-refractivity contribution >= 4 is 61.4 Å². The van der Waals surface area contributed by atoms with Crippen molar-refractivity contribution in [2.45, 2.75) is 49.5 Å². The molecular weight excluding hydrogens is 723 g/mol. The number of carboxylic acid groups (broad SMARTS) is 1. The van der Waals surface area contributed by atoms with Crippen molar-refractivity contribution in [2.24, 2.45) is 15.7 Å². The van der Waals surface area contributed by atoms with Crippen LogP contribution in [0.5, 0.6) is 0 Å². The summed E-state index contributed by atoms with van der Waals surface area (Å²) >= 11 is 0. The fraction of sp³-hybridized carbons (Fsp3) is 0.469. The predicted octanol–water partition coefficient (Wildman–Crippen LogP) is -0.226. The van der Waals surface area contributed by atoms with Crippen LogP contribution in [0.1, 0.15) is 34.1 Å². The first-order valence-corrected chi connectivity index (χ1v) is 19.0. The van der Waals surface area contributed by atoms with E-state index in [1.807, 2.05) is 0 Å². The minimum Gasteiger partial charge on any atom is -0.480 e. The van der Waals surface area contributed by atoms with E-state index in [1.54, 1.807) is 27.7 Å². The van der Waals surface area contributed by atoms with E-state index in [9.17, 15) is 45.9 Å². The van der Waals surface area contributed by atoms with Crippen molar-refractivity contribution in [3.63, 3.8) is 0 Å². The highest BCUT2D eigenvalue weighted by Gasteiger charge is 2.24. The standard InChI is InChI=1S/C32H47N7O11S2/c1-31(2,22-40)13-16-50-32(3,4)21-35-27(41)17-38(18-28(42)36-23-5-9-25(10-6-23)51(33,46)47)14-15-39(20-30(44)45)19-29(43)37-24-7-11-26(12-8-24)52(34,48)49/h5-12,22H,13-21H2,1-4H3,(H,35,41)(H,36,42)(H,37,43)(H,44,45)(H2,33,46,47)(H2,34,48,49). The van der Waals surface area contributed by atoms with Crippen LogP contribution in [0.3, 0.4) is 0 Å². The number of anilines is 2. The molecule has 8 N–H and O–H groups in total. The largest absolute Gasteiger partial charge is 0.480 e. The van der Waals surface area contributed by atoms with E-state index < -0.39 is 67.8 Å². The SMILES string of the molecule is CC(C)(C=O)CCOC(C)(C)CNC(=O)CN(CCN(CC(=O)O)CC(=O)Nc1ccc(S(N)(=O)=O)cc1)CC(=O)Nc1ccc(S(N)(=O)=O)cc1. The number of aldehydes is 1. The van der Waals surface area contributed by atoms with Gasteiger partial charge in [0.1, 0.15) is 6.29 Å². The number of benzene rings is 2. The number of carboxylic acids is 1. The van der Waals surface area contributed by atoms with Crippen molar-refractivity contribution in [1.29, 1.82) is 0 Å². The molecule has 20 heteroatoms. The lowest BCUT2D eigenvalue weighted by Gasteiger charge is -2.29. The van der Waals surface area contributed by atoms with Crippen molar-refractivity contribution < 1.29 is 50.7 Å². The summed E-state index contributed by atoms with van der Waals surface area (Å²) in [5.41, 5.74) is -0.884.